The van der Waals surface area contributed by atoms with Gasteiger partial charge in [-0.2, -0.15) is 0 Å². The molecular formula is C21H22N2O4. The third-order valence-corrected chi connectivity index (χ3v) is 4.58. The summed E-state index contributed by atoms with van der Waals surface area (Å²) in [6.45, 7) is 1.33. The summed E-state index contributed by atoms with van der Waals surface area (Å²) >= 11 is 0. The number of hydrogen-bond donors (Lipinski definition) is 1. The summed E-state index contributed by atoms with van der Waals surface area (Å²) in [7, 11) is 1.63. The summed E-state index contributed by atoms with van der Waals surface area (Å²) in [4.78, 5) is 4.57. The summed E-state index contributed by atoms with van der Waals surface area (Å²) in [6.07, 6.45) is 5.09. The zero-order chi connectivity index (χ0) is 18.6. The van der Waals surface area contributed by atoms with E-state index in [1.807, 2.05) is 47.2 Å². The van der Waals surface area contributed by atoms with Crippen LogP contribution < -0.4 is 14.2 Å². The van der Waals surface area contributed by atoms with Crippen molar-refractivity contribution in [3.05, 3.63) is 54.4 Å². The zero-order valence-corrected chi connectivity index (χ0v) is 15.2. The van der Waals surface area contributed by atoms with Crippen molar-refractivity contribution >= 4 is 0 Å². The zero-order valence-electron chi connectivity index (χ0n) is 15.2. The number of ether oxygens (including phenoxy) is 3. The fourth-order valence-corrected chi connectivity index (χ4v) is 3.31. The van der Waals surface area contributed by atoms with Crippen molar-refractivity contribution in [2.24, 2.45) is 0 Å². The van der Waals surface area contributed by atoms with E-state index in [1.165, 1.54) is 0 Å². The number of aliphatic hydroxyl groups excluding tert-OH is 1. The molecule has 0 atom stereocenters. The van der Waals surface area contributed by atoms with Crippen molar-refractivity contribution in [3.8, 4) is 34.3 Å². The Bertz CT molecular complexity index is 936. The van der Waals surface area contributed by atoms with Crippen molar-refractivity contribution in [3.63, 3.8) is 0 Å². The minimum Gasteiger partial charge on any atom is -0.496 e. The highest BCUT2D eigenvalue weighted by Crippen LogP contribution is 2.41. The third kappa shape index (κ3) is 3.36. The van der Waals surface area contributed by atoms with Gasteiger partial charge in [0, 0.05) is 31.5 Å². The first-order valence-electron chi connectivity index (χ1n) is 9.02. The molecule has 0 spiro atoms. The normalized spacial score (nSPS) is 13.3. The first-order chi connectivity index (χ1) is 13.3. The minimum atomic E-state index is 0.0917. The molecule has 2 aromatic carbocycles. The van der Waals surface area contributed by atoms with Crippen LogP contribution in [0.25, 0.3) is 17.1 Å². The van der Waals surface area contributed by atoms with Gasteiger partial charge >= 0.3 is 0 Å². The lowest BCUT2D eigenvalue weighted by Crippen LogP contribution is -2.04. The van der Waals surface area contributed by atoms with Crippen molar-refractivity contribution in [2.45, 2.75) is 12.8 Å². The molecule has 0 fully saturated rings. The molecule has 0 radical (unpaired) electrons. The van der Waals surface area contributed by atoms with Crippen LogP contribution >= 0.6 is 0 Å². The average Bonchev–Trinajstić information content (AvgIpc) is 3.06. The first kappa shape index (κ1) is 17.4. The number of imidazole rings is 1. The van der Waals surface area contributed by atoms with Gasteiger partial charge in [0.1, 0.15) is 11.6 Å². The van der Waals surface area contributed by atoms with E-state index in [1.54, 1.807) is 13.3 Å². The summed E-state index contributed by atoms with van der Waals surface area (Å²) < 4.78 is 19.2. The molecule has 6 heteroatoms. The monoisotopic (exact) mass is 366 g/mol. The van der Waals surface area contributed by atoms with E-state index in [0.29, 0.717) is 36.9 Å². The molecule has 0 bridgehead atoms. The molecule has 0 saturated carbocycles. The van der Waals surface area contributed by atoms with Crippen LogP contribution in [-0.2, 0) is 6.42 Å². The number of aromatic nitrogens is 2. The van der Waals surface area contributed by atoms with Crippen LogP contribution in [-0.4, -0.2) is 41.6 Å². The Kier molecular flexibility index (Phi) is 4.98. The number of fused-ring (bicyclic) bond motifs is 1. The number of methoxy groups -OCH3 is 1. The van der Waals surface area contributed by atoms with Gasteiger partial charge in [-0.25, -0.2) is 4.98 Å². The number of nitrogens with zero attached hydrogens (tertiary/aromatic N) is 2. The van der Waals surface area contributed by atoms with E-state index in [0.717, 1.165) is 29.1 Å². The predicted octanol–water partition coefficient (Wildman–Crippen LogP) is 3.24. The molecule has 6 nitrogen and oxygen atoms in total. The van der Waals surface area contributed by atoms with Gasteiger partial charge in [0.05, 0.1) is 31.6 Å². The molecule has 4 rings (SSSR count). The Morgan fingerprint density at radius 1 is 1.15 bits per heavy atom. The summed E-state index contributed by atoms with van der Waals surface area (Å²) in [5.41, 5.74) is 2.85. The van der Waals surface area contributed by atoms with Crippen LogP contribution in [0.1, 0.15) is 12.0 Å². The van der Waals surface area contributed by atoms with Gasteiger partial charge < -0.3 is 19.3 Å². The average molecular weight is 366 g/mol. The van der Waals surface area contributed by atoms with Gasteiger partial charge in [0.2, 0.25) is 0 Å². The van der Waals surface area contributed by atoms with E-state index in [-0.39, 0.29) is 6.61 Å². The fourth-order valence-electron chi connectivity index (χ4n) is 3.31. The minimum absolute atomic E-state index is 0.0917. The van der Waals surface area contributed by atoms with Crippen LogP contribution in [0.15, 0.2) is 48.8 Å². The van der Waals surface area contributed by atoms with E-state index in [2.05, 4.69) is 4.98 Å². The fraction of sp³-hybridized carbons (Fsp3) is 0.286. The summed E-state index contributed by atoms with van der Waals surface area (Å²) in [6, 6.07) is 11.8. The highest BCUT2D eigenvalue weighted by molar-refractivity contribution is 5.71. The molecule has 0 aliphatic carbocycles. The number of para-hydroxylation sites is 1. The second-order valence-electron chi connectivity index (χ2n) is 6.27. The van der Waals surface area contributed by atoms with Crippen LogP contribution in [0.3, 0.4) is 0 Å². The lowest BCUT2D eigenvalue weighted by molar-refractivity contribution is 0.296. The Balaban J connectivity index is 1.85. The number of hydrogen-bond acceptors (Lipinski definition) is 5. The van der Waals surface area contributed by atoms with E-state index in [9.17, 15) is 5.11 Å². The standard InChI is InChI=1S/C21H22N2O4/c1-25-18-14-20-19(26-11-4-12-27-20)13-16(18)21-22-8-9-23(21)17-6-3-2-5-15(17)7-10-24/h2-3,5-6,8-9,13-14,24H,4,7,10-12H2,1H3. The molecule has 140 valence electrons. The first-order valence-corrected chi connectivity index (χ1v) is 9.02. The van der Waals surface area contributed by atoms with Crippen LogP contribution in [0.4, 0.5) is 0 Å². The second kappa shape index (κ2) is 7.72. The summed E-state index contributed by atoms with van der Waals surface area (Å²) in [5.74, 6) is 2.80. The molecule has 1 aliphatic rings. The van der Waals surface area contributed by atoms with E-state index in [4.69, 9.17) is 14.2 Å². The van der Waals surface area contributed by atoms with Crippen LogP contribution in [0.5, 0.6) is 17.2 Å². The Hall–Kier alpha value is -2.99. The highest BCUT2D eigenvalue weighted by Gasteiger charge is 2.20. The Morgan fingerprint density at radius 3 is 2.70 bits per heavy atom. The van der Waals surface area contributed by atoms with Crippen molar-refractivity contribution in [1.29, 1.82) is 0 Å². The molecule has 3 aromatic rings. The lowest BCUT2D eigenvalue weighted by Gasteiger charge is -2.16. The molecular weight excluding hydrogens is 344 g/mol. The maximum absolute atomic E-state index is 9.39. The van der Waals surface area contributed by atoms with E-state index < -0.39 is 0 Å². The molecule has 1 aromatic heterocycles. The molecule has 27 heavy (non-hydrogen) atoms. The maximum atomic E-state index is 9.39. The molecule has 0 saturated heterocycles. The smallest absolute Gasteiger partial charge is 0.164 e. The maximum Gasteiger partial charge on any atom is 0.164 e. The highest BCUT2D eigenvalue weighted by atomic mass is 16.5. The topological polar surface area (TPSA) is 65.7 Å². The predicted molar refractivity (Wildman–Crippen MR) is 102 cm³/mol. The van der Waals surface area contributed by atoms with Gasteiger partial charge in [-0.15, -0.1) is 0 Å². The van der Waals surface area contributed by atoms with Crippen LogP contribution in [0.2, 0.25) is 0 Å². The number of rotatable bonds is 5. The third-order valence-electron chi connectivity index (χ3n) is 4.58. The Morgan fingerprint density at radius 2 is 1.93 bits per heavy atom. The van der Waals surface area contributed by atoms with Crippen molar-refractivity contribution in [2.75, 3.05) is 26.9 Å². The van der Waals surface area contributed by atoms with Gasteiger partial charge in [0.15, 0.2) is 11.5 Å². The SMILES string of the molecule is COc1cc2c(cc1-c1nccn1-c1ccccc1CCO)OCCCO2. The van der Waals surface area contributed by atoms with Gasteiger partial charge in [-0.3, -0.25) is 4.57 Å². The summed E-state index contributed by atoms with van der Waals surface area (Å²) in [5, 5.41) is 9.39. The van der Waals surface area contributed by atoms with Gasteiger partial charge in [0.25, 0.3) is 0 Å². The lowest BCUT2D eigenvalue weighted by atomic mass is 10.1. The molecule has 1 N–H and O–H groups in total. The molecule has 2 heterocycles. The van der Waals surface area contributed by atoms with E-state index >= 15 is 0 Å². The quantitative estimate of drug-likeness (QED) is 0.751. The van der Waals surface area contributed by atoms with Gasteiger partial charge in [-0.1, -0.05) is 18.2 Å². The number of benzene rings is 2. The van der Waals surface area contributed by atoms with Crippen LogP contribution in [0, 0.1) is 0 Å². The molecule has 0 amide bonds. The largest absolute Gasteiger partial charge is 0.496 e. The van der Waals surface area contributed by atoms with Crippen molar-refractivity contribution < 1.29 is 19.3 Å². The molecule has 0 unspecified atom stereocenters. The second-order valence-corrected chi connectivity index (χ2v) is 6.27. The van der Waals surface area contributed by atoms with Crippen molar-refractivity contribution in [1.82, 2.24) is 9.55 Å². The van der Waals surface area contributed by atoms with Gasteiger partial charge in [-0.05, 0) is 24.1 Å². The molecule has 1 aliphatic heterocycles. The Labute approximate surface area is 158 Å². The number of aliphatic hydroxyl groups is 1.